The van der Waals surface area contributed by atoms with Crippen molar-refractivity contribution in [2.45, 2.75) is 9.79 Å². The van der Waals surface area contributed by atoms with Crippen LogP contribution >= 0.6 is 0 Å². The number of aromatic nitrogens is 3. The number of rotatable bonds is 9. The molecular weight excluding hydrogens is 526 g/mol. The molecule has 1 aromatic heterocycles. The average Bonchev–Trinajstić information content (AvgIpc) is 2.73. The van der Waals surface area contributed by atoms with Crippen molar-refractivity contribution in [2.75, 3.05) is 34.4 Å². The topological polar surface area (TPSA) is 224 Å². The van der Waals surface area contributed by atoms with Crippen LogP contribution in [0.15, 0.2) is 52.3 Å². The first kappa shape index (κ1) is 26.2. The monoisotopic (exact) mass is 545 g/mol. The zero-order valence-electron chi connectivity index (χ0n) is 17.9. The molecule has 0 spiro atoms. The molecule has 0 aliphatic heterocycles. The highest BCUT2D eigenvalue weighted by molar-refractivity contribution is 7.86. The third-order valence-corrected chi connectivity index (χ3v) is 6.31. The van der Waals surface area contributed by atoms with Gasteiger partial charge in [0.25, 0.3) is 31.5 Å². The first-order chi connectivity index (χ1) is 16.2. The number of hydrogen-bond acceptors (Lipinski definition) is 11. The Hall–Kier alpha value is -3.42. The third kappa shape index (κ3) is 7.04. The smallest absolute Gasteiger partial charge is 0.296 e. The molecule has 0 fully saturated rings. The van der Waals surface area contributed by atoms with Crippen LogP contribution in [0.1, 0.15) is 0 Å². The molecule has 0 aliphatic carbocycles. The maximum absolute atomic E-state index is 11.8. The van der Waals surface area contributed by atoms with Crippen LogP contribution in [-0.2, 0) is 31.5 Å². The summed E-state index contributed by atoms with van der Waals surface area (Å²) in [6, 6.07) is 8.55. The lowest BCUT2D eigenvalue weighted by Crippen LogP contribution is -2.16. The van der Waals surface area contributed by atoms with Gasteiger partial charge in [-0.3, -0.25) is 18.4 Å². The molecule has 1 unspecified atom stereocenters. The molecule has 0 saturated heterocycles. The Morgan fingerprint density at radius 2 is 1.40 bits per heavy atom. The van der Waals surface area contributed by atoms with Gasteiger partial charge in [0.2, 0.25) is 17.8 Å². The van der Waals surface area contributed by atoms with Crippen molar-refractivity contribution in [3.8, 4) is 0 Å². The van der Waals surface area contributed by atoms with Gasteiger partial charge >= 0.3 is 0 Å². The first-order valence-corrected chi connectivity index (χ1v) is 13.2. The van der Waals surface area contributed by atoms with Crippen LogP contribution in [-0.4, -0.2) is 63.8 Å². The van der Waals surface area contributed by atoms with Gasteiger partial charge in [0.05, 0.1) is 10.6 Å². The second kappa shape index (κ2) is 10.1. The molecule has 3 rings (SSSR count). The Labute approximate surface area is 202 Å². The van der Waals surface area contributed by atoms with E-state index in [-0.39, 0.29) is 17.8 Å². The third-order valence-electron chi connectivity index (χ3n) is 4.14. The van der Waals surface area contributed by atoms with Crippen molar-refractivity contribution >= 4 is 66.4 Å². The zero-order valence-corrected chi connectivity index (χ0v) is 20.4. The molecule has 188 valence electrons. The zero-order chi connectivity index (χ0) is 26.0. The van der Waals surface area contributed by atoms with Gasteiger partial charge in [-0.25, -0.2) is 4.21 Å². The van der Waals surface area contributed by atoms with E-state index in [0.717, 1.165) is 18.2 Å². The minimum Gasteiger partial charge on any atom is -0.347 e. The van der Waals surface area contributed by atoms with Crippen LogP contribution < -0.4 is 20.3 Å². The van der Waals surface area contributed by atoms with Crippen molar-refractivity contribution < 1.29 is 34.7 Å². The summed E-state index contributed by atoms with van der Waals surface area (Å²) in [4.78, 5) is 12.7. The lowest BCUT2D eigenvalue weighted by Gasteiger charge is -2.15. The van der Waals surface area contributed by atoms with Gasteiger partial charge in [-0.15, -0.1) is 0 Å². The second-order valence-corrected chi connectivity index (χ2v) is 10.5. The first-order valence-electron chi connectivity index (χ1n) is 9.26. The van der Waals surface area contributed by atoms with E-state index >= 15 is 0 Å². The van der Waals surface area contributed by atoms with Crippen LogP contribution in [0.2, 0.25) is 0 Å². The molecule has 3 aromatic rings. The number of benzene rings is 2. The highest BCUT2D eigenvalue weighted by Gasteiger charge is 2.21. The molecule has 6 N–H and O–H groups in total. The van der Waals surface area contributed by atoms with Crippen LogP contribution in [0.4, 0.5) is 34.9 Å². The molecule has 0 amide bonds. The van der Waals surface area contributed by atoms with E-state index in [9.17, 15) is 30.1 Å². The molecule has 1 heterocycles. The Balaban J connectivity index is 2.01. The summed E-state index contributed by atoms with van der Waals surface area (Å²) in [5.41, 5.74) is 0.435. The summed E-state index contributed by atoms with van der Waals surface area (Å²) in [5, 5.41) is 5.42. The predicted molar refractivity (Wildman–Crippen MR) is 128 cm³/mol. The van der Waals surface area contributed by atoms with Crippen molar-refractivity contribution in [3.63, 3.8) is 0 Å². The molecule has 0 radical (unpaired) electrons. The second-order valence-electron chi connectivity index (χ2n) is 6.96. The van der Waals surface area contributed by atoms with Crippen molar-refractivity contribution in [2.24, 2.45) is 0 Å². The van der Waals surface area contributed by atoms with E-state index in [2.05, 4.69) is 30.3 Å². The van der Waals surface area contributed by atoms with E-state index in [1.54, 1.807) is 26.2 Å². The van der Waals surface area contributed by atoms with Crippen LogP contribution in [0.5, 0.6) is 0 Å². The van der Waals surface area contributed by atoms with Crippen molar-refractivity contribution in [1.82, 2.24) is 15.0 Å². The normalized spacial score (nSPS) is 12.6. The van der Waals surface area contributed by atoms with Crippen molar-refractivity contribution in [3.05, 3.63) is 42.5 Å². The average molecular weight is 546 g/mol. The summed E-state index contributed by atoms with van der Waals surface area (Å²) in [5.74, 6) is -0.104. The van der Waals surface area contributed by atoms with Gasteiger partial charge in [-0.05, 0) is 42.5 Å². The summed E-state index contributed by atoms with van der Waals surface area (Å²) in [6.45, 7) is 0. The summed E-state index contributed by atoms with van der Waals surface area (Å²) in [7, 11) is -6.24. The minimum absolute atomic E-state index is 0.00279. The lowest BCUT2D eigenvalue weighted by molar-refractivity contribution is 0.479. The van der Waals surface area contributed by atoms with Crippen molar-refractivity contribution in [1.29, 1.82) is 0 Å². The van der Waals surface area contributed by atoms with Gasteiger partial charge in [-0.2, -0.15) is 31.8 Å². The molecule has 1 atom stereocenters. The number of anilines is 6. The van der Waals surface area contributed by atoms with Gasteiger partial charge in [-0.1, -0.05) is 0 Å². The Bertz CT molecular complexity index is 1480. The Morgan fingerprint density at radius 1 is 0.829 bits per heavy atom. The maximum Gasteiger partial charge on any atom is 0.296 e. The van der Waals surface area contributed by atoms with E-state index in [1.165, 1.54) is 17.0 Å². The number of nitrogens with one attached hydrogen (secondary N) is 3. The van der Waals surface area contributed by atoms with E-state index in [0.29, 0.717) is 11.4 Å². The summed E-state index contributed by atoms with van der Waals surface area (Å²) in [6.07, 6.45) is 0. The van der Waals surface area contributed by atoms with Crippen LogP contribution in [0, 0.1) is 0 Å². The Morgan fingerprint density at radius 3 is 1.91 bits per heavy atom. The standard InChI is InChI=1S/C17H19N7O8S3/c1-24(2)17-21-15(18-10-3-5-11(6-4-10)23-33(25)26)20-16(22-17)19-13-9-12(34(27,28)29)7-8-14(13)35(30,31)32/h3-9,23H,1-2H3,(H,25,26)(H,27,28,29)(H,30,31,32)(H2,18,19,20,21,22). The minimum atomic E-state index is -4.80. The number of hydrogen-bond donors (Lipinski definition) is 6. The van der Waals surface area contributed by atoms with E-state index in [4.69, 9.17) is 4.55 Å². The van der Waals surface area contributed by atoms with Gasteiger partial charge in [0, 0.05) is 25.5 Å². The number of nitrogens with zero attached hydrogens (tertiary/aromatic N) is 4. The SMILES string of the molecule is CN(C)c1nc(Nc2ccc(NS(=O)O)cc2)nc(Nc2cc(S(=O)(=O)O)ccc2S(=O)(=O)O)n1. The molecule has 0 saturated carbocycles. The molecule has 15 nitrogen and oxygen atoms in total. The van der Waals surface area contributed by atoms with E-state index in [1.807, 2.05) is 0 Å². The molecule has 18 heteroatoms. The molecule has 2 aromatic carbocycles. The van der Waals surface area contributed by atoms with Crippen LogP contribution in [0.3, 0.4) is 0 Å². The predicted octanol–water partition coefficient (Wildman–Crippen LogP) is 1.47. The van der Waals surface area contributed by atoms with E-state index < -0.39 is 47.0 Å². The fraction of sp³-hybridized carbons (Fsp3) is 0.118. The maximum atomic E-state index is 11.8. The molecule has 0 bridgehead atoms. The summed E-state index contributed by atoms with van der Waals surface area (Å²) >= 11 is -2.24. The highest BCUT2D eigenvalue weighted by atomic mass is 32.2. The Kier molecular flexibility index (Phi) is 7.53. The van der Waals surface area contributed by atoms with Gasteiger partial charge < -0.3 is 15.5 Å². The fourth-order valence-electron chi connectivity index (χ4n) is 2.64. The molecule has 0 aliphatic rings. The lowest BCUT2D eigenvalue weighted by atomic mass is 10.3. The fourth-order valence-corrected chi connectivity index (χ4v) is 4.11. The molecule has 35 heavy (non-hydrogen) atoms. The quantitative estimate of drug-likeness (QED) is 0.165. The highest BCUT2D eigenvalue weighted by Crippen LogP contribution is 2.28. The van der Waals surface area contributed by atoms with Crippen LogP contribution in [0.25, 0.3) is 0 Å². The van der Waals surface area contributed by atoms with Gasteiger partial charge in [0.1, 0.15) is 4.90 Å². The largest absolute Gasteiger partial charge is 0.347 e. The summed E-state index contributed by atoms with van der Waals surface area (Å²) < 4.78 is 87.4. The van der Waals surface area contributed by atoms with Gasteiger partial charge in [0.15, 0.2) is 0 Å². The molecular formula is C17H19N7O8S3.